The Morgan fingerprint density at radius 2 is 1.59 bits per heavy atom. The van der Waals surface area contributed by atoms with E-state index in [9.17, 15) is 14.7 Å². The number of fused-ring (bicyclic) bond motifs is 5. The first kappa shape index (κ1) is 25.6. The summed E-state index contributed by atoms with van der Waals surface area (Å²) in [6.45, 7) is 1.98. The molecule has 0 unspecified atom stereocenters. The number of carboxylic acids is 1. The van der Waals surface area contributed by atoms with Crippen LogP contribution in [0.1, 0.15) is 98.9 Å². The fourth-order valence-corrected chi connectivity index (χ4v) is 10.5. The quantitative estimate of drug-likeness (QED) is 0.337. The van der Waals surface area contributed by atoms with Gasteiger partial charge >= 0.3 is 5.97 Å². The average molecular weight is 551 g/mol. The van der Waals surface area contributed by atoms with Crippen molar-refractivity contribution in [2.75, 3.05) is 18.0 Å². The van der Waals surface area contributed by atoms with Crippen LogP contribution >= 0.6 is 0 Å². The first-order valence-electron chi connectivity index (χ1n) is 16.2. The van der Waals surface area contributed by atoms with Crippen LogP contribution in [-0.4, -0.2) is 34.5 Å². The van der Waals surface area contributed by atoms with Crippen molar-refractivity contribution in [2.45, 2.75) is 89.5 Å². The Labute approximate surface area is 242 Å². The van der Waals surface area contributed by atoms with Crippen molar-refractivity contribution in [3.05, 3.63) is 53.6 Å². The zero-order valence-electron chi connectivity index (χ0n) is 24.1. The van der Waals surface area contributed by atoms with Crippen molar-refractivity contribution >= 4 is 28.3 Å². The molecule has 2 aromatic carbocycles. The van der Waals surface area contributed by atoms with Gasteiger partial charge in [-0.1, -0.05) is 43.5 Å². The minimum Gasteiger partial charge on any atom is -0.478 e. The van der Waals surface area contributed by atoms with E-state index in [1.165, 1.54) is 92.8 Å². The Morgan fingerprint density at radius 3 is 2.29 bits per heavy atom. The van der Waals surface area contributed by atoms with Crippen LogP contribution in [0.2, 0.25) is 0 Å². The third-order valence-electron chi connectivity index (χ3n) is 11.6. The lowest BCUT2D eigenvalue weighted by Gasteiger charge is -2.56. The topological polar surface area (TPSA) is 62.5 Å². The number of Topliss-reactive ketones (excluding diaryl/α,β-unsaturated/α-hetero) is 1. The SMILES string of the molecule is O=C(CN1CCn2c(c(C3CCCCC3)c3ccc(C(=O)O)cc32)-c2ccccc21)CC12CC3CC(CC(C3)C1)C2. The lowest BCUT2D eigenvalue weighted by Crippen LogP contribution is -2.47. The largest absolute Gasteiger partial charge is 0.478 e. The highest BCUT2D eigenvalue weighted by Gasteiger charge is 2.51. The van der Waals surface area contributed by atoms with Crippen molar-refractivity contribution < 1.29 is 14.7 Å². The van der Waals surface area contributed by atoms with Crippen LogP contribution in [0, 0.1) is 23.2 Å². The van der Waals surface area contributed by atoms with Crippen molar-refractivity contribution in [2.24, 2.45) is 23.2 Å². The number of carbonyl (C=O) groups excluding carboxylic acids is 1. The zero-order valence-corrected chi connectivity index (χ0v) is 24.1. The molecule has 1 aromatic heterocycles. The number of hydrogen-bond donors (Lipinski definition) is 1. The lowest BCUT2D eigenvalue weighted by molar-refractivity contribution is -0.126. The summed E-state index contributed by atoms with van der Waals surface area (Å²) in [5.74, 6) is 2.59. The van der Waals surface area contributed by atoms with Gasteiger partial charge in [-0.25, -0.2) is 4.79 Å². The molecule has 0 amide bonds. The van der Waals surface area contributed by atoms with Gasteiger partial charge in [0, 0.05) is 41.7 Å². The molecular weight excluding hydrogens is 508 g/mol. The number of carboxylic acid groups (broad SMARTS) is 1. The number of anilines is 1. The number of benzene rings is 2. The van der Waals surface area contributed by atoms with E-state index in [-0.39, 0.29) is 5.41 Å². The molecule has 1 aliphatic heterocycles. The highest BCUT2D eigenvalue weighted by molar-refractivity contribution is 6.00. The Kier molecular flexibility index (Phi) is 6.09. The summed E-state index contributed by atoms with van der Waals surface area (Å²) in [5.41, 5.74) is 6.63. The third kappa shape index (κ3) is 4.33. The molecule has 5 aliphatic carbocycles. The molecule has 2 heterocycles. The highest BCUT2D eigenvalue weighted by atomic mass is 16.4. The highest BCUT2D eigenvalue weighted by Crippen LogP contribution is 2.61. The Hall–Kier alpha value is -3.08. The normalized spacial score (nSPS) is 28.9. The lowest BCUT2D eigenvalue weighted by atomic mass is 9.48. The first-order valence-corrected chi connectivity index (χ1v) is 16.2. The zero-order chi connectivity index (χ0) is 27.7. The second-order valence-corrected chi connectivity index (χ2v) is 14.4. The number of ketones is 1. The summed E-state index contributed by atoms with van der Waals surface area (Å²) >= 11 is 0. The molecule has 214 valence electrons. The van der Waals surface area contributed by atoms with E-state index in [0.717, 1.165) is 48.5 Å². The molecule has 5 heteroatoms. The van der Waals surface area contributed by atoms with Crippen LogP contribution in [-0.2, 0) is 11.3 Å². The molecular formula is C36H42N2O3. The van der Waals surface area contributed by atoms with Gasteiger partial charge in [-0.3, -0.25) is 4.79 Å². The molecule has 0 spiro atoms. The Morgan fingerprint density at radius 1 is 0.878 bits per heavy atom. The smallest absolute Gasteiger partial charge is 0.335 e. The summed E-state index contributed by atoms with van der Waals surface area (Å²) in [4.78, 5) is 28.2. The minimum absolute atomic E-state index is 0.264. The number of nitrogens with zero attached hydrogens (tertiary/aromatic N) is 2. The van der Waals surface area contributed by atoms with Crippen molar-refractivity contribution in [3.63, 3.8) is 0 Å². The second kappa shape index (κ2) is 9.74. The van der Waals surface area contributed by atoms with E-state index < -0.39 is 5.97 Å². The fourth-order valence-electron chi connectivity index (χ4n) is 10.5. The maximum Gasteiger partial charge on any atom is 0.335 e. The van der Waals surface area contributed by atoms with Gasteiger partial charge in [0.1, 0.15) is 0 Å². The molecule has 4 bridgehead atoms. The van der Waals surface area contributed by atoms with Gasteiger partial charge in [0.2, 0.25) is 0 Å². The Balaban J connectivity index is 1.16. The van der Waals surface area contributed by atoms with E-state index in [2.05, 4.69) is 39.8 Å². The summed E-state index contributed by atoms with van der Waals surface area (Å²) in [7, 11) is 0. The van der Waals surface area contributed by atoms with Crippen molar-refractivity contribution in [1.82, 2.24) is 4.57 Å². The first-order chi connectivity index (χ1) is 20.0. The number of rotatable bonds is 6. The molecule has 0 saturated heterocycles. The number of aromatic nitrogens is 1. The molecule has 1 N–H and O–H groups in total. The predicted octanol–water partition coefficient (Wildman–Crippen LogP) is 8.05. The predicted molar refractivity (Wildman–Crippen MR) is 163 cm³/mol. The Bertz CT molecular complexity index is 1490. The van der Waals surface area contributed by atoms with Gasteiger partial charge in [0.15, 0.2) is 5.78 Å². The molecule has 9 rings (SSSR count). The van der Waals surface area contributed by atoms with Crippen molar-refractivity contribution in [1.29, 1.82) is 0 Å². The maximum atomic E-state index is 13.9. The summed E-state index contributed by atoms with van der Waals surface area (Å²) in [5, 5.41) is 11.0. The average Bonchev–Trinajstić information content (AvgIpc) is 3.19. The van der Waals surface area contributed by atoms with Gasteiger partial charge in [-0.15, -0.1) is 0 Å². The molecule has 0 radical (unpaired) electrons. The van der Waals surface area contributed by atoms with Crippen LogP contribution in [0.15, 0.2) is 42.5 Å². The van der Waals surface area contributed by atoms with E-state index in [1.54, 1.807) is 6.07 Å². The van der Waals surface area contributed by atoms with Crippen LogP contribution in [0.4, 0.5) is 5.69 Å². The number of hydrogen-bond acceptors (Lipinski definition) is 3. The van der Waals surface area contributed by atoms with E-state index in [4.69, 9.17) is 0 Å². The third-order valence-corrected chi connectivity index (χ3v) is 11.6. The van der Waals surface area contributed by atoms with Gasteiger partial charge in [-0.2, -0.15) is 0 Å². The van der Waals surface area contributed by atoms with E-state index in [0.29, 0.717) is 23.8 Å². The maximum absolute atomic E-state index is 13.9. The van der Waals surface area contributed by atoms with Crippen LogP contribution < -0.4 is 4.90 Å². The molecule has 5 fully saturated rings. The van der Waals surface area contributed by atoms with E-state index in [1.807, 2.05) is 6.07 Å². The van der Waals surface area contributed by atoms with E-state index >= 15 is 0 Å². The van der Waals surface area contributed by atoms with Gasteiger partial charge in [0.25, 0.3) is 0 Å². The number of para-hydroxylation sites is 1. The number of carbonyl (C=O) groups is 2. The summed E-state index contributed by atoms with van der Waals surface area (Å²) < 4.78 is 2.38. The molecule has 0 atom stereocenters. The summed E-state index contributed by atoms with van der Waals surface area (Å²) in [6.07, 6.45) is 15.0. The molecule has 3 aromatic rings. The van der Waals surface area contributed by atoms with Gasteiger partial charge < -0.3 is 14.6 Å². The molecule has 5 saturated carbocycles. The van der Waals surface area contributed by atoms with Gasteiger partial charge in [0.05, 0.1) is 17.8 Å². The molecule has 5 nitrogen and oxygen atoms in total. The fraction of sp³-hybridized carbons (Fsp3) is 0.556. The monoisotopic (exact) mass is 550 g/mol. The molecule has 6 aliphatic rings. The standard InChI is InChI=1S/C36H42N2O3/c39-28(21-36-18-23-14-24(19-36)16-25(15-23)20-36)22-37-12-13-38-32-17-27(35(40)41)10-11-29(32)33(26-6-2-1-3-7-26)34(38)30-8-4-5-9-31(30)37/h4-5,8-11,17,23-26H,1-3,6-7,12-16,18-22H2,(H,40,41). The van der Waals surface area contributed by atoms with Gasteiger partial charge in [-0.05, 0) is 104 Å². The van der Waals surface area contributed by atoms with Crippen LogP contribution in [0.25, 0.3) is 22.2 Å². The minimum atomic E-state index is -0.882. The van der Waals surface area contributed by atoms with Crippen molar-refractivity contribution in [3.8, 4) is 11.3 Å². The number of aromatic carboxylic acids is 1. The second-order valence-electron chi connectivity index (χ2n) is 14.4. The molecule has 41 heavy (non-hydrogen) atoms. The van der Waals surface area contributed by atoms with Crippen LogP contribution in [0.5, 0.6) is 0 Å². The van der Waals surface area contributed by atoms with Crippen LogP contribution in [0.3, 0.4) is 0 Å². The summed E-state index contributed by atoms with van der Waals surface area (Å²) in [6, 6.07) is 14.4.